The number of pyridine rings is 2. The molecular formula is C26H28FN7. The van der Waals surface area contributed by atoms with E-state index in [1.807, 2.05) is 38.6 Å². The smallest absolute Gasteiger partial charge is 0.178 e. The summed E-state index contributed by atoms with van der Waals surface area (Å²) >= 11 is 0. The van der Waals surface area contributed by atoms with E-state index in [1.54, 1.807) is 18.3 Å². The van der Waals surface area contributed by atoms with E-state index < -0.39 is 0 Å². The van der Waals surface area contributed by atoms with Gasteiger partial charge in [0.1, 0.15) is 11.6 Å². The van der Waals surface area contributed by atoms with Gasteiger partial charge in [-0.3, -0.25) is 10.4 Å². The zero-order valence-corrected chi connectivity index (χ0v) is 19.3. The van der Waals surface area contributed by atoms with Gasteiger partial charge in [-0.2, -0.15) is 0 Å². The van der Waals surface area contributed by atoms with E-state index in [0.717, 1.165) is 47.4 Å². The summed E-state index contributed by atoms with van der Waals surface area (Å²) in [6, 6.07) is 11.3. The summed E-state index contributed by atoms with van der Waals surface area (Å²) < 4.78 is 13.9. The second-order valence-corrected chi connectivity index (χ2v) is 9.61. The Kier molecular flexibility index (Phi) is 5.27. The number of halogens is 1. The number of imidazole rings is 1. The zero-order valence-electron chi connectivity index (χ0n) is 19.3. The van der Waals surface area contributed by atoms with Crippen LogP contribution in [-0.2, 0) is 0 Å². The number of nitrogens with one attached hydrogen (secondary N) is 3. The molecule has 2 aliphatic rings. The molecule has 1 saturated carbocycles. The lowest BCUT2D eigenvalue weighted by Gasteiger charge is -2.33. The average Bonchev–Trinajstić information content (AvgIpc) is 3.47. The molecule has 174 valence electrons. The van der Waals surface area contributed by atoms with E-state index in [2.05, 4.69) is 36.8 Å². The number of rotatable bonds is 4. The van der Waals surface area contributed by atoms with E-state index in [-0.39, 0.29) is 11.9 Å². The first-order valence-electron chi connectivity index (χ1n) is 11.8. The van der Waals surface area contributed by atoms with Crippen molar-refractivity contribution in [2.75, 3.05) is 19.0 Å². The van der Waals surface area contributed by atoms with Crippen LogP contribution in [0.4, 0.5) is 10.1 Å². The Morgan fingerprint density at radius 3 is 2.82 bits per heavy atom. The standard InChI is InChI=1S/C26H28FN7/c1-34(2)19-11-17(13-28-14-19)15-6-7-22-21(12-15)24(33-32-22)26-30-23-20(8-9-29-25(23)31-26)16-4-3-5-18(27)10-16/h3-5,8-11,13-15,21-22,24,32-33H,6-7,12H2,1-2H3,(H,29,30,31). The molecule has 4 atom stereocenters. The zero-order chi connectivity index (χ0) is 23.2. The third-order valence-corrected chi connectivity index (χ3v) is 7.33. The maximum absolute atomic E-state index is 13.9. The fourth-order valence-electron chi connectivity index (χ4n) is 5.52. The highest BCUT2D eigenvalue weighted by molar-refractivity contribution is 5.89. The van der Waals surface area contributed by atoms with Crippen molar-refractivity contribution in [3.05, 3.63) is 72.2 Å². The molecule has 1 aliphatic heterocycles. The maximum Gasteiger partial charge on any atom is 0.178 e. The summed E-state index contributed by atoms with van der Waals surface area (Å²) in [4.78, 5) is 19.4. The van der Waals surface area contributed by atoms with Crippen LogP contribution in [-0.4, -0.2) is 40.1 Å². The van der Waals surface area contributed by atoms with Gasteiger partial charge in [0, 0.05) is 38.1 Å². The third-order valence-electron chi connectivity index (χ3n) is 7.33. The van der Waals surface area contributed by atoms with Gasteiger partial charge in [0.2, 0.25) is 0 Å². The number of hydrazine groups is 1. The number of benzene rings is 1. The SMILES string of the molecule is CN(C)c1cncc(C2CCC3NNC(c4nc5nccc(-c6cccc(F)c6)c5[nH]4)C3C2)c1. The monoisotopic (exact) mass is 457 g/mol. The number of fused-ring (bicyclic) bond motifs is 2. The molecule has 34 heavy (non-hydrogen) atoms. The normalized spacial score (nSPS) is 24.3. The molecule has 4 aromatic rings. The number of H-pyrrole nitrogens is 1. The predicted octanol–water partition coefficient (Wildman–Crippen LogP) is 4.33. The quantitative estimate of drug-likeness (QED) is 0.423. The highest BCUT2D eigenvalue weighted by Gasteiger charge is 2.42. The molecule has 0 amide bonds. The largest absolute Gasteiger partial charge is 0.376 e. The molecule has 1 aromatic carbocycles. The van der Waals surface area contributed by atoms with E-state index in [1.165, 1.54) is 11.6 Å². The third kappa shape index (κ3) is 3.73. The van der Waals surface area contributed by atoms with Crippen LogP contribution in [0.1, 0.15) is 42.6 Å². The molecule has 4 unspecified atom stereocenters. The van der Waals surface area contributed by atoms with Gasteiger partial charge in [0.25, 0.3) is 0 Å². The summed E-state index contributed by atoms with van der Waals surface area (Å²) in [5.74, 6) is 1.46. The van der Waals surface area contributed by atoms with Crippen LogP contribution in [0.2, 0.25) is 0 Å². The van der Waals surface area contributed by atoms with Crippen molar-refractivity contribution in [2.24, 2.45) is 5.92 Å². The summed E-state index contributed by atoms with van der Waals surface area (Å²) in [5.41, 5.74) is 12.6. The van der Waals surface area contributed by atoms with Crippen molar-refractivity contribution in [2.45, 2.75) is 37.3 Å². The van der Waals surface area contributed by atoms with Crippen LogP contribution in [0.15, 0.2) is 55.0 Å². The summed E-state index contributed by atoms with van der Waals surface area (Å²) in [7, 11) is 4.10. The lowest BCUT2D eigenvalue weighted by Crippen LogP contribution is -2.34. The van der Waals surface area contributed by atoms with Crippen LogP contribution < -0.4 is 15.8 Å². The summed E-state index contributed by atoms with van der Waals surface area (Å²) in [5, 5.41) is 0. The van der Waals surface area contributed by atoms with Gasteiger partial charge in [-0.1, -0.05) is 12.1 Å². The molecule has 3 N–H and O–H groups in total. The first-order valence-corrected chi connectivity index (χ1v) is 11.8. The molecule has 1 aliphatic carbocycles. The minimum atomic E-state index is -0.257. The Hall–Kier alpha value is -3.36. The van der Waals surface area contributed by atoms with Gasteiger partial charge >= 0.3 is 0 Å². The van der Waals surface area contributed by atoms with Gasteiger partial charge in [-0.05, 0) is 66.5 Å². The number of hydrogen-bond acceptors (Lipinski definition) is 6. The van der Waals surface area contributed by atoms with Crippen LogP contribution in [0.3, 0.4) is 0 Å². The van der Waals surface area contributed by atoms with Crippen LogP contribution >= 0.6 is 0 Å². The van der Waals surface area contributed by atoms with Gasteiger partial charge < -0.3 is 9.88 Å². The highest BCUT2D eigenvalue weighted by Crippen LogP contribution is 2.44. The van der Waals surface area contributed by atoms with Gasteiger partial charge in [0.05, 0.1) is 23.4 Å². The summed E-state index contributed by atoms with van der Waals surface area (Å²) in [6.45, 7) is 0. The van der Waals surface area contributed by atoms with Crippen molar-refractivity contribution in [1.29, 1.82) is 0 Å². The van der Waals surface area contributed by atoms with Crippen molar-refractivity contribution >= 4 is 16.9 Å². The topological polar surface area (TPSA) is 81.8 Å². The molecule has 0 bridgehead atoms. The van der Waals surface area contributed by atoms with Gasteiger partial charge in [-0.25, -0.2) is 19.8 Å². The fourth-order valence-corrected chi connectivity index (χ4v) is 5.52. The Balaban J connectivity index is 1.31. The lowest BCUT2D eigenvalue weighted by atomic mass is 9.73. The Labute approximate surface area is 197 Å². The Morgan fingerprint density at radius 2 is 1.97 bits per heavy atom. The van der Waals surface area contributed by atoms with E-state index in [9.17, 15) is 4.39 Å². The summed E-state index contributed by atoms with van der Waals surface area (Å²) in [6.07, 6.45) is 8.94. The van der Waals surface area contributed by atoms with Crippen LogP contribution in [0, 0.1) is 11.7 Å². The number of aromatic nitrogens is 4. The first-order chi connectivity index (χ1) is 16.6. The van der Waals surface area contributed by atoms with Crippen molar-refractivity contribution in [3.63, 3.8) is 0 Å². The van der Waals surface area contributed by atoms with Crippen molar-refractivity contribution < 1.29 is 4.39 Å². The predicted molar refractivity (Wildman–Crippen MR) is 131 cm³/mol. The number of aromatic amines is 1. The number of anilines is 1. The molecule has 7 nitrogen and oxygen atoms in total. The highest BCUT2D eigenvalue weighted by atomic mass is 19.1. The molecule has 0 radical (unpaired) electrons. The molecule has 1 saturated heterocycles. The molecular weight excluding hydrogens is 429 g/mol. The van der Waals surface area contributed by atoms with Crippen LogP contribution in [0.25, 0.3) is 22.3 Å². The van der Waals surface area contributed by atoms with Crippen molar-refractivity contribution in [1.82, 2.24) is 30.8 Å². The molecule has 4 heterocycles. The number of nitrogens with zero attached hydrogens (tertiary/aromatic N) is 4. The van der Waals surface area contributed by atoms with Crippen LogP contribution in [0.5, 0.6) is 0 Å². The molecule has 3 aromatic heterocycles. The minimum Gasteiger partial charge on any atom is -0.376 e. The van der Waals surface area contributed by atoms with E-state index in [0.29, 0.717) is 23.5 Å². The second-order valence-electron chi connectivity index (χ2n) is 9.61. The number of hydrogen-bond donors (Lipinski definition) is 3. The molecule has 6 rings (SSSR count). The second kappa shape index (κ2) is 8.45. The molecule has 0 spiro atoms. The average molecular weight is 458 g/mol. The molecule has 2 fully saturated rings. The lowest BCUT2D eigenvalue weighted by molar-refractivity contribution is 0.274. The molecule has 8 heteroatoms. The van der Waals surface area contributed by atoms with Gasteiger partial charge in [-0.15, -0.1) is 0 Å². The Morgan fingerprint density at radius 1 is 1.06 bits per heavy atom. The fraction of sp³-hybridized carbons (Fsp3) is 0.346. The maximum atomic E-state index is 13.9. The Bertz CT molecular complexity index is 1330. The van der Waals surface area contributed by atoms with E-state index >= 15 is 0 Å². The first kappa shape index (κ1) is 21.2. The van der Waals surface area contributed by atoms with Gasteiger partial charge in [0.15, 0.2) is 5.65 Å². The minimum absolute atomic E-state index is 0.0485. The van der Waals surface area contributed by atoms with Crippen molar-refractivity contribution in [3.8, 4) is 11.1 Å². The van der Waals surface area contributed by atoms with E-state index in [4.69, 9.17) is 4.98 Å².